The van der Waals surface area contributed by atoms with Crippen LogP contribution in [0.15, 0.2) is 42.5 Å². The van der Waals surface area contributed by atoms with Gasteiger partial charge < -0.3 is 15.2 Å². The summed E-state index contributed by atoms with van der Waals surface area (Å²) in [6, 6.07) is 9.27. The van der Waals surface area contributed by atoms with E-state index >= 15 is 0 Å². The first-order chi connectivity index (χ1) is 11.4. The van der Waals surface area contributed by atoms with E-state index in [2.05, 4.69) is 5.32 Å². The molecule has 2 aromatic rings. The number of nitrogens with one attached hydrogen (secondary N) is 1. The maximum Gasteiger partial charge on any atom is 0.342 e. The van der Waals surface area contributed by atoms with E-state index in [1.807, 2.05) is 0 Å². The Morgan fingerprint density at radius 1 is 1.25 bits per heavy atom. The molecule has 0 unspecified atom stereocenters. The highest BCUT2D eigenvalue weighted by atomic mass is 35.5. The van der Waals surface area contributed by atoms with Gasteiger partial charge in [0.05, 0.1) is 15.6 Å². The topological polar surface area (TPSA) is 119 Å². The third-order valence-corrected chi connectivity index (χ3v) is 3.21. The Kier molecular flexibility index (Phi) is 5.33. The van der Waals surface area contributed by atoms with Crippen LogP contribution in [-0.2, 0) is 9.53 Å². The number of carbonyl (C=O) groups is 2. The van der Waals surface area contributed by atoms with Crippen LogP contribution in [0.1, 0.15) is 10.4 Å². The van der Waals surface area contributed by atoms with Crippen molar-refractivity contribution in [1.82, 2.24) is 0 Å². The van der Waals surface area contributed by atoms with Crippen LogP contribution >= 0.6 is 11.6 Å². The highest BCUT2D eigenvalue weighted by Gasteiger charge is 2.15. The predicted octanol–water partition coefficient (Wildman–Crippen LogP) is 2.75. The fourth-order valence-electron chi connectivity index (χ4n) is 1.76. The van der Waals surface area contributed by atoms with Crippen molar-refractivity contribution in [3.63, 3.8) is 0 Å². The van der Waals surface area contributed by atoms with Crippen molar-refractivity contribution in [3.05, 3.63) is 63.2 Å². The molecule has 24 heavy (non-hydrogen) atoms. The van der Waals surface area contributed by atoms with Crippen molar-refractivity contribution in [3.8, 4) is 5.75 Å². The third kappa shape index (κ3) is 4.20. The van der Waals surface area contributed by atoms with Crippen molar-refractivity contribution in [1.29, 1.82) is 0 Å². The summed E-state index contributed by atoms with van der Waals surface area (Å²) in [7, 11) is 0. The minimum Gasteiger partial charge on any atom is -0.507 e. The minimum atomic E-state index is -0.863. The number of phenolic OH excluding ortho intramolecular Hbond substituents is 1. The van der Waals surface area contributed by atoms with Crippen LogP contribution in [-0.4, -0.2) is 28.5 Å². The first kappa shape index (κ1) is 17.2. The quantitative estimate of drug-likeness (QED) is 0.486. The number of aromatic hydroxyl groups is 1. The van der Waals surface area contributed by atoms with E-state index in [-0.39, 0.29) is 27.7 Å². The number of phenols is 1. The molecular weight excluding hydrogens is 340 g/mol. The molecule has 0 aromatic heterocycles. The number of benzene rings is 2. The number of ether oxygens (including phenoxy) is 1. The number of nitro groups is 1. The zero-order valence-corrected chi connectivity index (χ0v) is 12.8. The molecule has 2 rings (SSSR count). The molecule has 0 bridgehead atoms. The molecule has 0 saturated heterocycles. The number of hydrogen-bond donors (Lipinski definition) is 2. The average Bonchev–Trinajstić information content (AvgIpc) is 2.54. The summed E-state index contributed by atoms with van der Waals surface area (Å²) in [5.41, 5.74) is -0.145. The average molecular weight is 351 g/mol. The number of non-ortho nitro benzene ring substituents is 1. The van der Waals surface area contributed by atoms with E-state index in [1.165, 1.54) is 36.4 Å². The van der Waals surface area contributed by atoms with Crippen LogP contribution in [0.3, 0.4) is 0 Å². The van der Waals surface area contributed by atoms with Crippen LogP contribution < -0.4 is 5.32 Å². The molecule has 0 aliphatic carbocycles. The van der Waals surface area contributed by atoms with Gasteiger partial charge in [0.2, 0.25) is 0 Å². The molecule has 2 N–H and O–H groups in total. The lowest BCUT2D eigenvalue weighted by Crippen LogP contribution is -2.21. The molecule has 0 aliphatic heterocycles. The Morgan fingerprint density at radius 3 is 2.58 bits per heavy atom. The van der Waals surface area contributed by atoms with Gasteiger partial charge in [-0.1, -0.05) is 23.7 Å². The number of esters is 1. The molecule has 0 spiro atoms. The van der Waals surface area contributed by atoms with Crippen molar-refractivity contribution in [2.45, 2.75) is 0 Å². The maximum atomic E-state index is 11.8. The Labute approximate surface area is 140 Å². The van der Waals surface area contributed by atoms with Crippen molar-refractivity contribution in [2.75, 3.05) is 11.9 Å². The summed E-state index contributed by atoms with van der Waals surface area (Å²) >= 11 is 5.84. The number of anilines is 1. The fourth-order valence-corrected chi connectivity index (χ4v) is 1.98. The van der Waals surface area contributed by atoms with Gasteiger partial charge in [-0.2, -0.15) is 0 Å². The van der Waals surface area contributed by atoms with Gasteiger partial charge in [0.15, 0.2) is 6.61 Å². The Morgan fingerprint density at radius 2 is 1.96 bits per heavy atom. The van der Waals surface area contributed by atoms with Crippen molar-refractivity contribution >= 4 is 34.9 Å². The van der Waals surface area contributed by atoms with E-state index in [1.54, 1.807) is 0 Å². The second kappa shape index (κ2) is 7.42. The van der Waals surface area contributed by atoms with Crippen molar-refractivity contribution in [2.24, 2.45) is 0 Å². The van der Waals surface area contributed by atoms with E-state index in [9.17, 15) is 24.8 Å². The largest absolute Gasteiger partial charge is 0.507 e. The lowest BCUT2D eigenvalue weighted by molar-refractivity contribution is -0.384. The van der Waals surface area contributed by atoms with E-state index in [0.29, 0.717) is 0 Å². The first-order valence-electron chi connectivity index (χ1n) is 6.57. The molecule has 0 atom stereocenters. The number of halogens is 1. The molecule has 0 heterocycles. The molecule has 0 fully saturated rings. The van der Waals surface area contributed by atoms with Gasteiger partial charge in [0, 0.05) is 12.1 Å². The molecule has 0 aliphatic rings. The summed E-state index contributed by atoms with van der Waals surface area (Å²) < 4.78 is 4.78. The van der Waals surface area contributed by atoms with E-state index in [4.69, 9.17) is 16.3 Å². The summed E-state index contributed by atoms with van der Waals surface area (Å²) in [5, 5.41) is 22.5. The van der Waals surface area contributed by atoms with Gasteiger partial charge in [-0.15, -0.1) is 0 Å². The Balaban J connectivity index is 1.95. The molecule has 1 amide bonds. The van der Waals surface area contributed by atoms with Crippen LogP contribution in [0.25, 0.3) is 0 Å². The standard InChI is InChI=1S/C15H11ClN2O6/c16-11-7-9(18(22)23)5-6-12(11)17-14(20)8-24-15(21)10-3-1-2-4-13(10)19/h1-7,19H,8H2,(H,17,20). The normalized spacial score (nSPS) is 10.0. The van der Waals surface area contributed by atoms with Crippen LogP contribution in [0.5, 0.6) is 5.75 Å². The van der Waals surface area contributed by atoms with Crippen LogP contribution in [0, 0.1) is 10.1 Å². The second-order valence-electron chi connectivity index (χ2n) is 4.56. The second-order valence-corrected chi connectivity index (χ2v) is 4.97. The summed E-state index contributed by atoms with van der Waals surface area (Å²) in [4.78, 5) is 33.5. The minimum absolute atomic E-state index is 0.0235. The van der Waals surface area contributed by atoms with Gasteiger partial charge in [0.1, 0.15) is 11.3 Å². The first-order valence-corrected chi connectivity index (χ1v) is 6.95. The smallest absolute Gasteiger partial charge is 0.342 e. The number of nitro benzene ring substituents is 1. The maximum absolute atomic E-state index is 11.8. The summed E-state index contributed by atoms with van der Waals surface area (Å²) in [5.74, 6) is -1.81. The molecule has 8 nitrogen and oxygen atoms in total. The Hall–Kier alpha value is -3.13. The molecule has 9 heteroatoms. The third-order valence-electron chi connectivity index (χ3n) is 2.90. The number of hydrogen-bond acceptors (Lipinski definition) is 6. The molecular formula is C15H11ClN2O6. The van der Waals surface area contributed by atoms with E-state index in [0.717, 1.165) is 6.07 Å². The SMILES string of the molecule is O=C(COC(=O)c1ccccc1O)Nc1ccc([N+](=O)[O-])cc1Cl. The van der Waals surface area contributed by atoms with Gasteiger partial charge in [-0.05, 0) is 18.2 Å². The lowest BCUT2D eigenvalue weighted by atomic mass is 10.2. The number of para-hydroxylation sites is 1. The van der Waals surface area contributed by atoms with Crippen molar-refractivity contribution < 1.29 is 24.4 Å². The summed E-state index contributed by atoms with van der Waals surface area (Å²) in [6.45, 7) is -0.611. The van der Waals surface area contributed by atoms with E-state index < -0.39 is 23.4 Å². The molecule has 124 valence electrons. The zero-order chi connectivity index (χ0) is 17.7. The monoisotopic (exact) mass is 350 g/mol. The van der Waals surface area contributed by atoms with Gasteiger partial charge in [-0.25, -0.2) is 4.79 Å². The number of rotatable bonds is 5. The highest BCUT2D eigenvalue weighted by molar-refractivity contribution is 6.34. The van der Waals surface area contributed by atoms with Gasteiger partial charge >= 0.3 is 5.97 Å². The highest BCUT2D eigenvalue weighted by Crippen LogP contribution is 2.26. The number of amides is 1. The summed E-state index contributed by atoms with van der Waals surface area (Å²) in [6.07, 6.45) is 0. The molecule has 2 aromatic carbocycles. The van der Waals surface area contributed by atoms with Gasteiger partial charge in [0.25, 0.3) is 11.6 Å². The molecule has 0 saturated carbocycles. The van der Waals surface area contributed by atoms with Crippen LogP contribution in [0.2, 0.25) is 5.02 Å². The zero-order valence-electron chi connectivity index (χ0n) is 12.1. The molecule has 0 radical (unpaired) electrons. The Bertz CT molecular complexity index is 808. The number of nitrogens with zero attached hydrogens (tertiary/aromatic N) is 1. The predicted molar refractivity (Wildman–Crippen MR) is 85.1 cm³/mol. The van der Waals surface area contributed by atoms with Gasteiger partial charge in [-0.3, -0.25) is 14.9 Å². The lowest BCUT2D eigenvalue weighted by Gasteiger charge is -2.08. The van der Waals surface area contributed by atoms with Crippen LogP contribution in [0.4, 0.5) is 11.4 Å². The number of carbonyl (C=O) groups excluding carboxylic acids is 2. The fraction of sp³-hybridized carbons (Fsp3) is 0.0667.